The topological polar surface area (TPSA) is 111 Å². The lowest BCUT2D eigenvalue weighted by molar-refractivity contribution is -0.153. The quantitative estimate of drug-likeness (QED) is 0.304. The number of benzene rings is 2. The molecule has 3 aliphatic rings. The van der Waals surface area contributed by atoms with Gasteiger partial charge in [-0.05, 0) is 36.1 Å². The van der Waals surface area contributed by atoms with Crippen LogP contribution in [0.4, 0.5) is 4.79 Å². The molecule has 2 N–H and O–H groups in total. The van der Waals surface area contributed by atoms with Gasteiger partial charge in [-0.2, -0.15) is 0 Å². The van der Waals surface area contributed by atoms with Crippen molar-refractivity contribution in [3.63, 3.8) is 0 Å². The molecule has 0 radical (unpaired) electrons. The summed E-state index contributed by atoms with van der Waals surface area (Å²) in [4.78, 5) is 37.8. The van der Waals surface area contributed by atoms with Crippen molar-refractivity contribution in [1.82, 2.24) is 5.32 Å². The van der Waals surface area contributed by atoms with Crippen LogP contribution < -0.4 is 5.32 Å². The van der Waals surface area contributed by atoms with E-state index in [1.54, 1.807) is 13.8 Å². The monoisotopic (exact) mass is 558 g/mol. The second-order valence-corrected chi connectivity index (χ2v) is 10.1. The van der Waals surface area contributed by atoms with Crippen LogP contribution in [0.5, 0.6) is 0 Å². The van der Waals surface area contributed by atoms with Gasteiger partial charge in [-0.25, -0.2) is 9.59 Å². The summed E-state index contributed by atoms with van der Waals surface area (Å²) in [6.45, 7) is 3.37. The van der Waals surface area contributed by atoms with E-state index in [4.69, 9.17) is 15.6 Å². The maximum atomic E-state index is 13.3. The van der Waals surface area contributed by atoms with Crippen molar-refractivity contribution in [3.8, 4) is 11.1 Å². The molecular weight excluding hydrogens is 530 g/mol. The molecule has 3 aliphatic carbocycles. The molecule has 0 aromatic heterocycles. The molecule has 0 heterocycles. The number of ether oxygens (including phenoxy) is 3. The Labute approximate surface area is 218 Å². The number of hydrogen-bond acceptors (Lipinski definition) is 7. The number of carbonyl (C=O) groups is 3. The highest BCUT2D eigenvalue weighted by Gasteiger charge is 2.80. The van der Waals surface area contributed by atoms with Crippen LogP contribution in [0.15, 0.2) is 48.5 Å². The number of alkyl halides is 1. The van der Waals surface area contributed by atoms with Crippen LogP contribution in [0.3, 0.4) is 0 Å². The summed E-state index contributed by atoms with van der Waals surface area (Å²) >= 11 is 3.27. The van der Waals surface area contributed by atoms with E-state index in [2.05, 4.69) is 21.2 Å². The lowest BCUT2D eigenvalue weighted by atomic mass is 9.89. The second kappa shape index (κ2) is 9.52. The second-order valence-electron chi connectivity index (χ2n) is 9.16. The highest BCUT2D eigenvalue weighted by atomic mass is 79.9. The average Bonchev–Trinajstić information content (AvgIpc) is 3.53. The minimum atomic E-state index is -2.23. The number of alkyl carbamates (subject to hydrolysis) is 1. The Morgan fingerprint density at radius 1 is 1.00 bits per heavy atom. The minimum Gasteiger partial charge on any atom is -0.466 e. The van der Waals surface area contributed by atoms with E-state index in [9.17, 15) is 19.5 Å². The Hall–Kier alpha value is -2.91. The van der Waals surface area contributed by atoms with Crippen LogP contribution in [0.2, 0.25) is 0 Å². The number of nitrogens with one attached hydrogen (secondary N) is 1. The zero-order chi connectivity index (χ0) is 26.5. The lowest BCUT2D eigenvalue weighted by Gasteiger charge is -2.35. The summed E-state index contributed by atoms with van der Waals surface area (Å²) in [5, 5.41) is 13.6. The molecule has 0 aliphatic heterocycles. The number of carbonyl (C=O) groups excluding carboxylic acids is 3. The molecule has 2 unspecified atom stereocenters. The molecule has 36 heavy (non-hydrogen) atoms. The molecule has 0 bridgehead atoms. The standard InChI is InChI=1S/C27H28BrNO7/c1-3-34-24(31)20-19-21(20)27(23(28)22(19)30,25(32)35-4-2)29-26(33)36-13-18-16-11-7-5-9-14(16)15-10-6-8-12-17(15)18/h5-12,18-23,30H,3-4,13H2,1-2H3,(H,29,33)/t19-,20-,21-,22?,23?,27+/m0/s1/i22D. The van der Waals surface area contributed by atoms with Gasteiger partial charge in [-0.3, -0.25) is 4.79 Å². The van der Waals surface area contributed by atoms with E-state index < -0.39 is 52.2 Å². The van der Waals surface area contributed by atoms with Crippen LogP contribution in [0, 0.1) is 17.8 Å². The molecule has 2 fully saturated rings. The summed E-state index contributed by atoms with van der Waals surface area (Å²) in [7, 11) is 0. The number of halogens is 1. The highest BCUT2D eigenvalue weighted by molar-refractivity contribution is 9.09. The molecule has 2 saturated carbocycles. The molecule has 8 nitrogen and oxygen atoms in total. The van der Waals surface area contributed by atoms with Crippen molar-refractivity contribution >= 4 is 34.0 Å². The first-order chi connectivity index (χ1) is 17.7. The SMILES string of the molecule is [2H]C1(O)C(Br)[C@@](NC(=O)OCC2c3ccccc3-c3ccccc32)(C(=O)OCC)[C@@H]2[C@@H](C(=O)OCC)[C@@H]21. The first-order valence-electron chi connectivity index (χ1n) is 12.5. The van der Waals surface area contributed by atoms with Gasteiger partial charge in [0.15, 0.2) is 5.54 Å². The third kappa shape index (κ3) is 3.71. The Kier molecular flexibility index (Phi) is 6.21. The molecule has 190 valence electrons. The Morgan fingerprint density at radius 2 is 1.58 bits per heavy atom. The van der Waals surface area contributed by atoms with E-state index in [1.165, 1.54) is 0 Å². The van der Waals surface area contributed by atoms with E-state index in [0.717, 1.165) is 22.3 Å². The number of amides is 1. The molecule has 2 aromatic rings. The molecule has 2 aromatic carbocycles. The van der Waals surface area contributed by atoms with Crippen molar-refractivity contribution < 1.29 is 35.1 Å². The van der Waals surface area contributed by atoms with Gasteiger partial charge >= 0.3 is 18.0 Å². The summed E-state index contributed by atoms with van der Waals surface area (Å²) < 4.78 is 24.5. The van der Waals surface area contributed by atoms with Crippen LogP contribution >= 0.6 is 15.9 Å². The van der Waals surface area contributed by atoms with Crippen molar-refractivity contribution in [3.05, 3.63) is 59.7 Å². The first kappa shape index (κ1) is 23.5. The molecule has 0 spiro atoms. The van der Waals surface area contributed by atoms with E-state index in [0.29, 0.717) is 0 Å². The van der Waals surface area contributed by atoms with Crippen molar-refractivity contribution in [2.45, 2.75) is 36.2 Å². The third-order valence-electron chi connectivity index (χ3n) is 7.37. The fourth-order valence-corrected chi connectivity index (χ4v) is 6.75. The van der Waals surface area contributed by atoms with Crippen LogP contribution in [-0.2, 0) is 23.8 Å². The number of hydrogen-bond donors (Lipinski definition) is 2. The van der Waals surface area contributed by atoms with Crippen molar-refractivity contribution in [1.29, 1.82) is 0 Å². The lowest BCUT2D eigenvalue weighted by Crippen LogP contribution is -2.63. The molecule has 1 amide bonds. The van der Waals surface area contributed by atoms with Crippen molar-refractivity contribution in [2.75, 3.05) is 19.8 Å². The third-order valence-corrected chi connectivity index (χ3v) is 8.56. The molecule has 6 atom stereocenters. The van der Waals surface area contributed by atoms with Crippen LogP contribution in [0.25, 0.3) is 11.1 Å². The summed E-state index contributed by atoms with van der Waals surface area (Å²) in [5.74, 6) is -4.43. The number of rotatable bonds is 7. The van der Waals surface area contributed by atoms with E-state index in [1.807, 2.05) is 48.5 Å². The zero-order valence-corrected chi connectivity index (χ0v) is 21.5. The maximum Gasteiger partial charge on any atom is 0.408 e. The number of aliphatic hydroxyl groups is 1. The molecule has 5 rings (SSSR count). The summed E-state index contributed by atoms with van der Waals surface area (Å²) in [5.41, 5.74) is 2.31. The Balaban J connectivity index is 1.40. The predicted octanol–water partition coefficient (Wildman–Crippen LogP) is 3.39. The molecule has 9 heteroatoms. The fraction of sp³-hybridized carbons (Fsp3) is 0.444. The summed E-state index contributed by atoms with van der Waals surface area (Å²) in [6, 6.07) is 15.8. The Bertz CT molecular complexity index is 1210. The maximum absolute atomic E-state index is 13.3. The number of fused-ring (bicyclic) bond motifs is 4. The van der Waals surface area contributed by atoms with Crippen LogP contribution in [-0.4, -0.2) is 59.4 Å². The minimum absolute atomic E-state index is 0.00453. The predicted molar refractivity (Wildman–Crippen MR) is 133 cm³/mol. The summed E-state index contributed by atoms with van der Waals surface area (Å²) in [6.07, 6.45) is -3.14. The van der Waals surface area contributed by atoms with Gasteiger partial charge in [0.2, 0.25) is 0 Å². The van der Waals surface area contributed by atoms with Crippen molar-refractivity contribution in [2.24, 2.45) is 17.8 Å². The first-order valence-corrected chi connectivity index (χ1v) is 12.9. The fourth-order valence-electron chi connectivity index (χ4n) is 5.84. The van der Waals surface area contributed by atoms with Gasteiger partial charge in [0.1, 0.15) is 6.61 Å². The van der Waals surface area contributed by atoms with Gasteiger partial charge in [0, 0.05) is 17.8 Å². The zero-order valence-electron chi connectivity index (χ0n) is 20.9. The van der Waals surface area contributed by atoms with Gasteiger partial charge in [-0.15, -0.1) is 0 Å². The van der Waals surface area contributed by atoms with Gasteiger partial charge in [0.05, 0.1) is 31.4 Å². The Morgan fingerprint density at radius 3 is 2.17 bits per heavy atom. The average molecular weight is 559 g/mol. The molecular formula is C27H28BrNO7. The van der Waals surface area contributed by atoms with Gasteiger partial charge in [0.25, 0.3) is 0 Å². The van der Waals surface area contributed by atoms with Crippen LogP contribution in [0.1, 0.15) is 32.3 Å². The van der Waals surface area contributed by atoms with Gasteiger partial charge in [-0.1, -0.05) is 64.5 Å². The van der Waals surface area contributed by atoms with Gasteiger partial charge < -0.3 is 24.6 Å². The highest BCUT2D eigenvalue weighted by Crippen LogP contribution is 2.64. The largest absolute Gasteiger partial charge is 0.466 e. The van der Waals surface area contributed by atoms with E-state index >= 15 is 0 Å². The molecule has 0 saturated heterocycles. The number of esters is 2. The van der Waals surface area contributed by atoms with E-state index in [-0.39, 0.29) is 25.7 Å². The normalized spacial score (nSPS) is 31.9. The smallest absolute Gasteiger partial charge is 0.408 e.